The number of nitrogens with one attached hydrogen (secondary N) is 1. The minimum absolute atomic E-state index is 0.212. The molecule has 0 unspecified atom stereocenters. The molecule has 5 heterocycles. The number of fused-ring (bicyclic) bond motifs is 2. The molecule has 19 N–H and O–H groups in total. The number of hydrogen-bond acceptors (Lipinski definition) is 27. The van der Waals surface area contributed by atoms with Crippen molar-refractivity contribution in [2.45, 2.75) is 231 Å². The number of carboxylic acids is 1. The van der Waals surface area contributed by atoms with E-state index >= 15 is 0 Å². The quantitative estimate of drug-likeness (QED) is 0.0978. The molecular weight excluding hydrogens is 1150 g/mol. The van der Waals surface area contributed by atoms with Crippen LogP contribution in [0.25, 0.3) is 0 Å². The Morgan fingerprint density at radius 2 is 1.18 bits per heavy atom. The fourth-order valence-corrected chi connectivity index (χ4v) is 11.0. The lowest BCUT2D eigenvalue weighted by Gasteiger charge is -2.48. The van der Waals surface area contributed by atoms with E-state index in [1.54, 1.807) is 93.7 Å². The standard InChI is InChI=1S/C59H93NO27/c1-30-17-15-13-11-9-7-5-6-8-10-12-14-16-18-37(84-56-50(73)46(48(71)33(4)83-56)60-29-59(80)54(76)53(41(68)28-81-59)86-57-52(75)51(74)49(72)43(27-61)85-57)24-42-45(55(77)78)40(67)26-58(79,87-42)25-39(66)38(65)20-19-34(62)21-35(63)22-36(64)23-44(69)82-32(3)31(2)47(30)70/h5-18,30-43,45-54,56-57,60-68,70-76,79-80H,19-29H2,1-4H3,(H,77,78)/b6-5+,9-7+,10-8+,13-11+,14-12+,17-15+,18-16+/t30-,31-,32-,33-,34+,35+,36+,37-,38+,39+,40-,41+,42-,43+,45+,46+,47+,48-,49-,50+,51-,52+,53+,54-,56+,57-,58+,59-/m0/s1. The molecule has 5 aliphatic heterocycles. The van der Waals surface area contributed by atoms with Crippen LogP contribution in [0.3, 0.4) is 0 Å². The van der Waals surface area contributed by atoms with Crippen molar-refractivity contribution >= 4 is 11.9 Å². The number of aliphatic hydroxyl groups excluding tert-OH is 15. The highest BCUT2D eigenvalue weighted by Gasteiger charge is 2.55. The zero-order valence-corrected chi connectivity index (χ0v) is 49.1. The molecule has 496 valence electrons. The van der Waals surface area contributed by atoms with Crippen molar-refractivity contribution in [1.82, 2.24) is 5.32 Å². The van der Waals surface area contributed by atoms with E-state index < -0.39 is 221 Å². The topological polar surface area (TPSA) is 475 Å². The number of cyclic esters (lactones) is 1. The Kier molecular flexibility index (Phi) is 29.3. The lowest BCUT2D eigenvalue weighted by molar-refractivity contribution is -0.368. The van der Waals surface area contributed by atoms with E-state index in [0.29, 0.717) is 0 Å². The summed E-state index contributed by atoms with van der Waals surface area (Å²) < 4.78 is 40.0. The van der Waals surface area contributed by atoms with Crippen molar-refractivity contribution in [2.75, 3.05) is 19.8 Å². The molecule has 0 saturated carbocycles. The maximum absolute atomic E-state index is 12.8. The summed E-state index contributed by atoms with van der Waals surface area (Å²) in [5, 5.41) is 199. The second kappa shape index (κ2) is 34.5. The Morgan fingerprint density at radius 1 is 0.609 bits per heavy atom. The molecule has 2 bridgehead atoms. The van der Waals surface area contributed by atoms with Crippen LogP contribution in [0.1, 0.15) is 79.1 Å². The molecule has 87 heavy (non-hydrogen) atoms. The van der Waals surface area contributed by atoms with Crippen LogP contribution >= 0.6 is 0 Å². The molecule has 0 spiro atoms. The summed E-state index contributed by atoms with van der Waals surface area (Å²) in [6.45, 7) is 4.19. The van der Waals surface area contributed by atoms with Crippen LogP contribution in [0.4, 0.5) is 0 Å². The molecular formula is C59H93NO27. The average Bonchev–Trinajstić information content (AvgIpc) is 0.907. The normalized spacial score (nSPS) is 47.7. The highest BCUT2D eigenvalue weighted by molar-refractivity contribution is 5.71. The zero-order chi connectivity index (χ0) is 64.5. The summed E-state index contributed by atoms with van der Waals surface area (Å²) >= 11 is 0. The van der Waals surface area contributed by atoms with E-state index in [1.807, 2.05) is 0 Å². The maximum atomic E-state index is 12.8. The first-order chi connectivity index (χ1) is 41.0. The van der Waals surface area contributed by atoms with Crippen LogP contribution < -0.4 is 5.32 Å². The van der Waals surface area contributed by atoms with Crippen molar-refractivity contribution in [1.29, 1.82) is 0 Å². The Labute approximate surface area is 504 Å². The van der Waals surface area contributed by atoms with Crippen LogP contribution in [-0.4, -0.2) is 276 Å². The zero-order valence-electron chi connectivity index (χ0n) is 49.1. The third-order valence-electron chi connectivity index (χ3n) is 16.4. The van der Waals surface area contributed by atoms with Crippen molar-refractivity contribution in [2.24, 2.45) is 17.8 Å². The molecule has 5 rings (SSSR count). The van der Waals surface area contributed by atoms with Gasteiger partial charge in [-0.15, -0.1) is 0 Å². The van der Waals surface area contributed by atoms with Gasteiger partial charge in [0.1, 0.15) is 60.9 Å². The lowest BCUT2D eigenvalue weighted by atomic mass is 9.82. The third-order valence-corrected chi connectivity index (χ3v) is 16.4. The monoisotopic (exact) mass is 1250 g/mol. The molecule has 4 saturated heterocycles. The number of carboxylic acid groups (broad SMARTS) is 1. The summed E-state index contributed by atoms with van der Waals surface area (Å²) in [5.74, 6) is -10.1. The number of ether oxygens (including phenoxy) is 7. The molecule has 0 aromatic heterocycles. The SMILES string of the molecule is C[C@@H]1[C@H](O)[C@@H](C)/C=C/C=C/C=C/C=C/C=C/C=C/C=C/[C@H](O[C@H]2O[C@@H](C)[C@H](O)[C@@H](NC[C@]3(O)OC[C@@H](O)[C@@H](O[C@@H]4O[C@H](CO)[C@H](O)[C@H](O)[C@H]4O)[C@@H]3O)[C@H]2O)C[C@@H]2O[C@](O)(C[C@@H](O)[C@H](O)CC[C@@H](O)C[C@@H](O)C[C@@H](O)CC(=O)O[C@H]1C)C[C@H](O)[C@H]2C(=O)O. The van der Waals surface area contributed by atoms with Gasteiger partial charge >= 0.3 is 11.9 Å². The molecule has 0 aliphatic carbocycles. The van der Waals surface area contributed by atoms with Gasteiger partial charge in [-0.1, -0.05) is 98.9 Å². The summed E-state index contributed by atoms with van der Waals surface area (Å²) in [6, 6.07) is -1.49. The van der Waals surface area contributed by atoms with Gasteiger partial charge in [-0.05, 0) is 39.5 Å². The molecule has 28 nitrogen and oxygen atoms in total. The molecule has 0 aromatic carbocycles. The van der Waals surface area contributed by atoms with Gasteiger partial charge in [-0.2, -0.15) is 0 Å². The fourth-order valence-electron chi connectivity index (χ4n) is 11.0. The van der Waals surface area contributed by atoms with Crippen molar-refractivity contribution < 1.29 is 135 Å². The summed E-state index contributed by atoms with van der Waals surface area (Å²) in [4.78, 5) is 25.5. The number of aliphatic carboxylic acids is 1. The highest BCUT2D eigenvalue weighted by atomic mass is 16.7. The van der Waals surface area contributed by atoms with Crippen molar-refractivity contribution in [3.8, 4) is 0 Å². The van der Waals surface area contributed by atoms with Crippen molar-refractivity contribution in [3.63, 3.8) is 0 Å². The first-order valence-corrected chi connectivity index (χ1v) is 29.4. The van der Waals surface area contributed by atoms with Gasteiger partial charge in [0.25, 0.3) is 0 Å². The predicted molar refractivity (Wildman–Crippen MR) is 302 cm³/mol. The predicted octanol–water partition coefficient (Wildman–Crippen LogP) is -4.03. The van der Waals surface area contributed by atoms with Crippen LogP contribution in [-0.2, 0) is 42.7 Å². The second-order valence-electron chi connectivity index (χ2n) is 23.4. The first kappa shape index (κ1) is 73.9. The van der Waals surface area contributed by atoms with E-state index in [0.717, 1.165) is 0 Å². The fraction of sp³-hybridized carbons (Fsp3) is 0.729. The van der Waals surface area contributed by atoms with E-state index in [1.165, 1.54) is 19.1 Å². The van der Waals surface area contributed by atoms with E-state index in [9.17, 15) is 102 Å². The Hall–Kier alpha value is -3.84. The number of aliphatic hydroxyl groups is 17. The smallest absolute Gasteiger partial charge is 0.311 e. The van der Waals surface area contributed by atoms with Crippen LogP contribution in [0.15, 0.2) is 85.1 Å². The molecule has 0 radical (unpaired) electrons. The molecule has 5 aliphatic rings. The summed E-state index contributed by atoms with van der Waals surface area (Å²) in [6.07, 6.45) is -15.0. The van der Waals surface area contributed by atoms with Crippen LogP contribution in [0, 0.1) is 17.8 Å². The Bertz CT molecular complexity index is 2320. The van der Waals surface area contributed by atoms with Crippen LogP contribution in [0.5, 0.6) is 0 Å². The molecule has 28 atom stereocenters. The number of carbonyl (C=O) groups is 2. The van der Waals surface area contributed by atoms with Gasteiger partial charge in [0.2, 0.25) is 5.79 Å². The third kappa shape index (κ3) is 21.4. The van der Waals surface area contributed by atoms with E-state index in [4.69, 9.17) is 33.2 Å². The van der Waals surface area contributed by atoms with Gasteiger partial charge in [-0.3, -0.25) is 9.59 Å². The van der Waals surface area contributed by atoms with Gasteiger partial charge in [-0.25, -0.2) is 0 Å². The summed E-state index contributed by atoms with van der Waals surface area (Å²) in [5.41, 5.74) is 0. The van der Waals surface area contributed by atoms with Crippen molar-refractivity contribution in [3.05, 3.63) is 85.1 Å². The molecule has 0 amide bonds. The van der Waals surface area contributed by atoms with E-state index in [2.05, 4.69) is 5.32 Å². The summed E-state index contributed by atoms with van der Waals surface area (Å²) in [7, 11) is 0. The van der Waals surface area contributed by atoms with Crippen LogP contribution in [0.2, 0.25) is 0 Å². The number of rotatable bonds is 9. The van der Waals surface area contributed by atoms with Gasteiger partial charge in [0.05, 0.1) is 99.4 Å². The Morgan fingerprint density at radius 3 is 1.79 bits per heavy atom. The largest absolute Gasteiger partial charge is 0.481 e. The number of carbonyl (C=O) groups excluding carboxylic acids is 1. The van der Waals surface area contributed by atoms with E-state index in [-0.39, 0.29) is 31.6 Å². The maximum Gasteiger partial charge on any atom is 0.311 e. The molecule has 0 aromatic rings. The Balaban J connectivity index is 1.37. The highest BCUT2D eigenvalue weighted by Crippen LogP contribution is 2.39. The van der Waals surface area contributed by atoms with Gasteiger partial charge < -0.3 is 130 Å². The lowest BCUT2D eigenvalue weighted by Crippen LogP contribution is -2.70. The van der Waals surface area contributed by atoms with Gasteiger partial charge in [0, 0.05) is 31.1 Å². The second-order valence-corrected chi connectivity index (χ2v) is 23.4. The van der Waals surface area contributed by atoms with Gasteiger partial charge in [0.15, 0.2) is 18.4 Å². The minimum atomic E-state index is -2.68. The molecule has 28 heteroatoms. The molecule has 4 fully saturated rings. The number of esters is 1. The number of allylic oxidation sites excluding steroid dienone is 12. The minimum Gasteiger partial charge on any atom is -0.481 e. The average molecular weight is 1250 g/mol. The first-order valence-electron chi connectivity index (χ1n) is 29.4. The number of hydrogen-bond donors (Lipinski definition) is 19.